The number of benzene rings is 1. The molecule has 1 aromatic rings. The fourth-order valence-corrected chi connectivity index (χ4v) is 1.19. The van der Waals surface area contributed by atoms with Crippen LogP contribution in [0.25, 0.3) is 0 Å². The summed E-state index contributed by atoms with van der Waals surface area (Å²) in [4.78, 5) is 0. The highest BCUT2D eigenvalue weighted by molar-refractivity contribution is 5.52. The number of aryl methyl sites for hydroxylation is 1. The van der Waals surface area contributed by atoms with E-state index in [2.05, 4.69) is 0 Å². The fraction of sp³-hybridized carbons (Fsp3) is 0.455. The Balaban J connectivity index is 2.96. The van der Waals surface area contributed by atoms with Crippen LogP contribution in [0.4, 0.5) is 0 Å². The van der Waals surface area contributed by atoms with E-state index >= 15 is 0 Å². The number of ether oxygens (including phenoxy) is 2. The third-order valence-corrected chi connectivity index (χ3v) is 1.87. The molecule has 0 amide bonds. The van der Waals surface area contributed by atoms with E-state index in [4.69, 9.17) is 9.47 Å². The van der Waals surface area contributed by atoms with Crippen LogP contribution in [0.15, 0.2) is 12.1 Å². The van der Waals surface area contributed by atoms with E-state index in [1.807, 2.05) is 13.8 Å². The molecule has 1 N–H and O–H groups in total. The number of phenols is 1. The summed E-state index contributed by atoms with van der Waals surface area (Å²) in [6.45, 7) is 4.55. The molecular weight excluding hydrogens is 180 g/mol. The number of methoxy groups -OCH3 is 1. The summed E-state index contributed by atoms with van der Waals surface area (Å²) >= 11 is 0. The molecule has 78 valence electrons. The molecule has 1 aromatic carbocycles. The third-order valence-electron chi connectivity index (χ3n) is 1.87. The van der Waals surface area contributed by atoms with Gasteiger partial charge >= 0.3 is 0 Å². The lowest BCUT2D eigenvalue weighted by molar-refractivity contribution is 0.290. The van der Waals surface area contributed by atoms with Gasteiger partial charge in [0, 0.05) is 0 Å². The van der Waals surface area contributed by atoms with Gasteiger partial charge < -0.3 is 14.6 Å². The van der Waals surface area contributed by atoms with E-state index in [1.54, 1.807) is 12.1 Å². The Morgan fingerprint density at radius 3 is 2.50 bits per heavy atom. The molecule has 0 heterocycles. The molecule has 0 fully saturated rings. The van der Waals surface area contributed by atoms with Crippen molar-refractivity contribution in [2.75, 3.05) is 13.7 Å². The monoisotopic (exact) mass is 196 g/mol. The van der Waals surface area contributed by atoms with Crippen molar-refractivity contribution in [2.45, 2.75) is 20.3 Å². The fourth-order valence-electron chi connectivity index (χ4n) is 1.19. The Kier molecular flexibility index (Phi) is 3.63. The molecule has 0 aliphatic rings. The van der Waals surface area contributed by atoms with Gasteiger partial charge in [-0.1, -0.05) is 6.92 Å². The van der Waals surface area contributed by atoms with Gasteiger partial charge in [0.1, 0.15) is 0 Å². The lowest BCUT2D eigenvalue weighted by atomic mass is 10.2. The van der Waals surface area contributed by atoms with Gasteiger partial charge in [-0.05, 0) is 31.0 Å². The molecule has 0 aliphatic carbocycles. The van der Waals surface area contributed by atoms with Gasteiger partial charge in [-0.2, -0.15) is 0 Å². The molecule has 3 nitrogen and oxygen atoms in total. The van der Waals surface area contributed by atoms with Crippen molar-refractivity contribution in [2.24, 2.45) is 0 Å². The predicted octanol–water partition coefficient (Wildman–Crippen LogP) is 2.50. The summed E-state index contributed by atoms with van der Waals surface area (Å²) in [5.41, 5.74) is 1.01. The second-order valence-corrected chi connectivity index (χ2v) is 3.16. The number of phenolic OH excluding ortho intramolecular Hbond substituents is 1. The van der Waals surface area contributed by atoms with Gasteiger partial charge in [-0.15, -0.1) is 0 Å². The van der Waals surface area contributed by atoms with Crippen LogP contribution in [-0.4, -0.2) is 18.8 Å². The van der Waals surface area contributed by atoms with Crippen LogP contribution in [0.5, 0.6) is 17.2 Å². The van der Waals surface area contributed by atoms with E-state index in [9.17, 15) is 5.11 Å². The number of hydrogen-bond donors (Lipinski definition) is 1. The maximum atomic E-state index is 9.69. The Hall–Kier alpha value is -1.38. The Labute approximate surface area is 84.3 Å². The van der Waals surface area contributed by atoms with Crippen LogP contribution in [-0.2, 0) is 0 Å². The van der Waals surface area contributed by atoms with Gasteiger partial charge in [0.2, 0.25) is 5.75 Å². The smallest absolute Gasteiger partial charge is 0.200 e. The number of hydrogen-bond acceptors (Lipinski definition) is 3. The highest BCUT2D eigenvalue weighted by atomic mass is 16.5. The standard InChI is InChI=1S/C11H16O3/c1-4-5-14-10-7-8(2)6-9(13-3)11(10)12/h6-7,12H,4-5H2,1-3H3. The predicted molar refractivity (Wildman–Crippen MR) is 55.2 cm³/mol. The van der Waals surface area contributed by atoms with Crippen LogP contribution < -0.4 is 9.47 Å². The van der Waals surface area contributed by atoms with Crippen molar-refractivity contribution in [1.29, 1.82) is 0 Å². The molecule has 1 rings (SSSR count). The van der Waals surface area contributed by atoms with Gasteiger partial charge in [0.15, 0.2) is 11.5 Å². The highest BCUT2D eigenvalue weighted by Gasteiger charge is 2.09. The topological polar surface area (TPSA) is 38.7 Å². The molecule has 0 bridgehead atoms. The molecule has 0 spiro atoms. The zero-order valence-corrected chi connectivity index (χ0v) is 8.83. The van der Waals surface area contributed by atoms with Gasteiger partial charge in [0.25, 0.3) is 0 Å². The maximum absolute atomic E-state index is 9.69. The van der Waals surface area contributed by atoms with Crippen molar-refractivity contribution in [3.63, 3.8) is 0 Å². The van der Waals surface area contributed by atoms with E-state index in [0.717, 1.165) is 12.0 Å². The van der Waals surface area contributed by atoms with E-state index < -0.39 is 0 Å². The lowest BCUT2D eigenvalue weighted by Crippen LogP contribution is -1.97. The summed E-state index contributed by atoms with van der Waals surface area (Å²) in [7, 11) is 1.53. The molecule has 0 saturated carbocycles. The molecular formula is C11H16O3. The van der Waals surface area contributed by atoms with Gasteiger partial charge in [-0.25, -0.2) is 0 Å². The van der Waals surface area contributed by atoms with Crippen molar-refractivity contribution < 1.29 is 14.6 Å². The number of rotatable bonds is 4. The quantitative estimate of drug-likeness (QED) is 0.804. The van der Waals surface area contributed by atoms with Gasteiger partial charge in [-0.3, -0.25) is 0 Å². The molecule has 0 saturated heterocycles. The highest BCUT2D eigenvalue weighted by Crippen LogP contribution is 2.37. The van der Waals surface area contributed by atoms with Gasteiger partial charge in [0.05, 0.1) is 13.7 Å². The SMILES string of the molecule is CCCOc1cc(C)cc(OC)c1O. The molecule has 0 unspecified atom stereocenters. The normalized spacial score (nSPS) is 9.93. The third kappa shape index (κ3) is 2.31. The zero-order valence-electron chi connectivity index (χ0n) is 8.83. The van der Waals surface area contributed by atoms with Crippen molar-refractivity contribution in [3.05, 3.63) is 17.7 Å². The van der Waals surface area contributed by atoms with Crippen LogP contribution in [0.2, 0.25) is 0 Å². The summed E-state index contributed by atoms with van der Waals surface area (Å²) < 4.78 is 10.4. The molecule has 0 atom stereocenters. The van der Waals surface area contributed by atoms with Crippen LogP contribution in [0, 0.1) is 6.92 Å². The molecule has 3 heteroatoms. The second-order valence-electron chi connectivity index (χ2n) is 3.16. The van der Waals surface area contributed by atoms with Crippen molar-refractivity contribution in [3.8, 4) is 17.2 Å². The molecule has 14 heavy (non-hydrogen) atoms. The first-order valence-corrected chi connectivity index (χ1v) is 4.69. The minimum absolute atomic E-state index is 0.0755. The maximum Gasteiger partial charge on any atom is 0.200 e. The Morgan fingerprint density at radius 1 is 1.29 bits per heavy atom. The minimum atomic E-state index is 0.0755. The minimum Gasteiger partial charge on any atom is -0.502 e. The summed E-state index contributed by atoms with van der Waals surface area (Å²) in [5, 5.41) is 9.69. The van der Waals surface area contributed by atoms with Crippen LogP contribution in [0.3, 0.4) is 0 Å². The lowest BCUT2D eigenvalue weighted by Gasteiger charge is -2.11. The Bertz CT molecular complexity index is 308. The van der Waals surface area contributed by atoms with Crippen molar-refractivity contribution in [1.82, 2.24) is 0 Å². The van der Waals surface area contributed by atoms with E-state index in [0.29, 0.717) is 18.1 Å². The largest absolute Gasteiger partial charge is 0.502 e. The van der Waals surface area contributed by atoms with Crippen LogP contribution >= 0.6 is 0 Å². The van der Waals surface area contributed by atoms with Crippen molar-refractivity contribution >= 4 is 0 Å². The zero-order chi connectivity index (χ0) is 10.6. The van der Waals surface area contributed by atoms with E-state index in [1.165, 1.54) is 7.11 Å². The molecule has 0 aromatic heterocycles. The number of aromatic hydroxyl groups is 1. The first-order valence-electron chi connectivity index (χ1n) is 4.69. The van der Waals surface area contributed by atoms with E-state index in [-0.39, 0.29) is 5.75 Å². The average molecular weight is 196 g/mol. The summed E-state index contributed by atoms with van der Waals surface area (Å²) in [6, 6.07) is 3.57. The molecule has 0 radical (unpaired) electrons. The Morgan fingerprint density at radius 2 is 1.93 bits per heavy atom. The first kappa shape index (κ1) is 10.7. The molecule has 0 aliphatic heterocycles. The first-order chi connectivity index (χ1) is 6.69. The summed E-state index contributed by atoms with van der Waals surface area (Å²) in [5.74, 6) is 1.02. The second kappa shape index (κ2) is 4.74. The summed E-state index contributed by atoms with van der Waals surface area (Å²) in [6.07, 6.45) is 0.912. The van der Waals surface area contributed by atoms with Crippen LogP contribution in [0.1, 0.15) is 18.9 Å². The average Bonchev–Trinajstić information content (AvgIpc) is 2.18.